The van der Waals surface area contributed by atoms with E-state index in [-0.39, 0.29) is 20.4 Å². The largest absolute Gasteiger partial charge is 2.00 e. The number of hydrogen-bond donors (Lipinski definition) is 0. The number of rotatable bonds is 7. The molecule has 0 radical (unpaired) electrons. The average molecular weight is 791 g/mol. The zero-order valence-electron chi connectivity index (χ0n) is 30.4. The van der Waals surface area contributed by atoms with Gasteiger partial charge in [0.2, 0.25) is 0 Å². The molecule has 0 fully saturated rings. The molecule has 0 aliphatic carbocycles. The predicted molar refractivity (Wildman–Crippen MR) is 215 cm³/mol. The number of aromatic nitrogens is 4. The molecule has 9 rings (SSSR count). The molecule has 0 aliphatic heterocycles. The Morgan fingerprint density at radius 3 is 2.00 bits per heavy atom. The molecule has 6 aromatic carbocycles. The van der Waals surface area contributed by atoms with E-state index >= 15 is 0 Å². The Morgan fingerprint density at radius 1 is 0.574 bits per heavy atom. The third kappa shape index (κ3) is 6.24. The summed E-state index contributed by atoms with van der Waals surface area (Å²) in [5.41, 5.74) is 13.8. The van der Waals surface area contributed by atoms with Crippen LogP contribution in [0.25, 0.3) is 67.0 Å². The quantitative estimate of drug-likeness (QED) is 0.119. The number of fused-ring (bicyclic) bond motifs is 3. The van der Waals surface area contributed by atoms with Gasteiger partial charge >= 0.3 is 20.4 Å². The Kier molecular flexibility index (Phi) is 9.33. The van der Waals surface area contributed by atoms with Gasteiger partial charge in [-0.3, -0.25) is 4.68 Å². The van der Waals surface area contributed by atoms with Crippen LogP contribution in [0.4, 0.5) is 0 Å². The summed E-state index contributed by atoms with van der Waals surface area (Å²) in [4.78, 5) is 4.73. The molecule has 0 N–H and O–H groups in total. The van der Waals surface area contributed by atoms with Gasteiger partial charge in [-0.05, 0) is 79.2 Å². The minimum absolute atomic E-state index is 0. The van der Waals surface area contributed by atoms with E-state index < -0.39 is 0 Å². The van der Waals surface area contributed by atoms with Crippen molar-refractivity contribution in [2.45, 2.75) is 27.7 Å². The maximum Gasteiger partial charge on any atom is 2.00 e. The first-order valence-corrected chi connectivity index (χ1v) is 17.8. The van der Waals surface area contributed by atoms with Gasteiger partial charge in [-0.25, -0.2) is 4.98 Å². The van der Waals surface area contributed by atoms with Gasteiger partial charge in [0.05, 0.1) is 5.69 Å². The van der Waals surface area contributed by atoms with Crippen LogP contribution in [0, 0.1) is 39.8 Å². The molecule has 0 saturated heterocycles. The summed E-state index contributed by atoms with van der Waals surface area (Å²) >= 11 is 0. The fraction of sp³-hybridized carbons (Fsp3) is 0.0833. The molecule has 0 amide bonds. The van der Waals surface area contributed by atoms with Crippen molar-refractivity contribution in [3.05, 3.63) is 180 Å². The number of benzene rings is 6. The third-order valence-corrected chi connectivity index (χ3v) is 9.79. The Labute approximate surface area is 329 Å². The first-order valence-electron chi connectivity index (χ1n) is 17.8. The predicted octanol–water partition coefficient (Wildman–Crippen LogP) is 12.0. The number of aryl methyl sites for hydroxylation is 4. The number of nitrogens with zero attached hydrogens (tertiary/aromatic N) is 4. The van der Waals surface area contributed by atoms with Crippen LogP contribution in [-0.2, 0) is 20.4 Å². The number of para-hydroxylation sites is 1. The van der Waals surface area contributed by atoms with E-state index in [1.54, 1.807) is 0 Å². The molecule has 3 heterocycles. The van der Waals surface area contributed by atoms with Crippen LogP contribution in [0.15, 0.2) is 146 Å². The second-order valence-corrected chi connectivity index (χ2v) is 13.6. The average Bonchev–Trinajstić information content (AvgIpc) is 3.72. The normalized spacial score (nSPS) is 11.2. The van der Waals surface area contributed by atoms with Crippen molar-refractivity contribution in [3.63, 3.8) is 0 Å². The fourth-order valence-corrected chi connectivity index (χ4v) is 7.62. The van der Waals surface area contributed by atoms with E-state index in [0.717, 1.165) is 67.0 Å². The van der Waals surface area contributed by atoms with Gasteiger partial charge in [-0.1, -0.05) is 102 Å². The molecular formula is C48H36N4OPd. The maximum absolute atomic E-state index is 6.58. The SMILES string of the molecule is Cc1ccnc(-n2c3[c-]c(Oc4[c-]c(-n5nc(-c6ccccc6)c(-c6c(C)cc(C)cc6C)c5-c5ccccc5)ccc4)ccc3c3ccccc32)c1.[Pd+2]. The molecule has 0 unspecified atom stereocenters. The zero-order valence-corrected chi connectivity index (χ0v) is 31.9. The summed E-state index contributed by atoms with van der Waals surface area (Å²) in [6.07, 6.45) is 1.85. The summed E-state index contributed by atoms with van der Waals surface area (Å²) in [6.45, 7) is 8.62. The van der Waals surface area contributed by atoms with Gasteiger partial charge in [0.1, 0.15) is 11.5 Å². The molecule has 3 aromatic heterocycles. The Balaban J connectivity index is 0.00000413. The van der Waals surface area contributed by atoms with E-state index in [4.69, 9.17) is 14.8 Å². The van der Waals surface area contributed by atoms with Crippen LogP contribution in [0.2, 0.25) is 0 Å². The first kappa shape index (κ1) is 35.0. The summed E-state index contributed by atoms with van der Waals surface area (Å²) in [5, 5.41) is 7.61. The molecule has 0 saturated carbocycles. The molecule has 54 heavy (non-hydrogen) atoms. The van der Waals surface area contributed by atoms with Crippen LogP contribution >= 0.6 is 0 Å². The van der Waals surface area contributed by atoms with Crippen molar-refractivity contribution in [1.29, 1.82) is 0 Å². The molecule has 264 valence electrons. The number of ether oxygens (including phenoxy) is 1. The number of hydrogen-bond acceptors (Lipinski definition) is 3. The van der Waals surface area contributed by atoms with Gasteiger partial charge < -0.3 is 9.30 Å². The van der Waals surface area contributed by atoms with Gasteiger partial charge in [0, 0.05) is 39.9 Å². The van der Waals surface area contributed by atoms with Crippen molar-refractivity contribution in [3.8, 4) is 56.6 Å². The van der Waals surface area contributed by atoms with E-state index in [0.29, 0.717) is 11.5 Å². The molecule has 0 bridgehead atoms. The summed E-state index contributed by atoms with van der Waals surface area (Å²) in [7, 11) is 0. The maximum atomic E-state index is 6.58. The van der Waals surface area contributed by atoms with Gasteiger partial charge in [0.25, 0.3) is 0 Å². The van der Waals surface area contributed by atoms with E-state index in [9.17, 15) is 0 Å². The Bertz CT molecular complexity index is 2780. The van der Waals surface area contributed by atoms with Crippen LogP contribution in [0.3, 0.4) is 0 Å². The minimum atomic E-state index is 0. The van der Waals surface area contributed by atoms with Crippen molar-refractivity contribution in [2.24, 2.45) is 0 Å². The molecule has 5 nitrogen and oxygen atoms in total. The smallest absolute Gasteiger partial charge is 0.509 e. The Hall–Kier alpha value is -6.06. The molecule has 6 heteroatoms. The summed E-state index contributed by atoms with van der Waals surface area (Å²) < 4.78 is 10.8. The zero-order chi connectivity index (χ0) is 36.1. The van der Waals surface area contributed by atoms with Crippen molar-refractivity contribution in [2.75, 3.05) is 0 Å². The van der Waals surface area contributed by atoms with Crippen LogP contribution in [0.1, 0.15) is 22.3 Å². The molecule has 9 aromatic rings. The van der Waals surface area contributed by atoms with Gasteiger partial charge in [0.15, 0.2) is 0 Å². The molecule has 0 atom stereocenters. The molecule has 0 spiro atoms. The van der Waals surface area contributed by atoms with Gasteiger partial charge in [-0.15, -0.1) is 35.7 Å². The summed E-state index contributed by atoms with van der Waals surface area (Å²) in [6, 6.07) is 55.1. The number of pyridine rings is 1. The van der Waals surface area contributed by atoms with E-state index in [1.807, 2.05) is 53.3 Å². The van der Waals surface area contributed by atoms with Crippen LogP contribution in [-0.4, -0.2) is 19.3 Å². The monoisotopic (exact) mass is 790 g/mol. The Morgan fingerprint density at radius 2 is 1.26 bits per heavy atom. The first-order chi connectivity index (χ1) is 25.9. The standard InChI is InChI=1S/C48H36N4O.Pd/c1-31-24-25-49-44(28-31)51-42-21-12-11-20-40(42)41-23-22-39(30-43(41)51)53-38-19-13-18-37(29-38)52-48(36-16-9-6-10-17-36)46(45-33(3)26-32(2)27-34(45)4)47(50-52)35-14-7-5-8-15-35;/h5-28H,1-4H3;/q-2;+2. The minimum Gasteiger partial charge on any atom is -0.509 e. The third-order valence-electron chi connectivity index (χ3n) is 9.79. The summed E-state index contributed by atoms with van der Waals surface area (Å²) in [5.74, 6) is 1.99. The topological polar surface area (TPSA) is 44.9 Å². The fourth-order valence-electron chi connectivity index (χ4n) is 7.62. The van der Waals surface area contributed by atoms with Gasteiger partial charge in [-0.2, -0.15) is 17.2 Å². The van der Waals surface area contributed by atoms with Crippen molar-refractivity contribution in [1.82, 2.24) is 19.3 Å². The van der Waals surface area contributed by atoms with Crippen molar-refractivity contribution < 1.29 is 25.2 Å². The van der Waals surface area contributed by atoms with Crippen molar-refractivity contribution >= 4 is 21.8 Å². The van der Waals surface area contributed by atoms with Crippen LogP contribution in [0.5, 0.6) is 11.5 Å². The molecule has 0 aliphatic rings. The van der Waals surface area contributed by atoms with Crippen LogP contribution < -0.4 is 4.74 Å². The van der Waals surface area contributed by atoms with E-state index in [2.05, 4.69) is 141 Å². The molecular weight excluding hydrogens is 755 g/mol. The van der Waals surface area contributed by atoms with E-state index in [1.165, 1.54) is 22.3 Å². The second kappa shape index (κ2) is 14.4. The second-order valence-electron chi connectivity index (χ2n) is 13.6.